The van der Waals surface area contributed by atoms with Gasteiger partial charge in [-0.15, -0.1) is 12.4 Å². The average molecular weight is 327 g/mol. The van der Waals surface area contributed by atoms with E-state index in [0.717, 1.165) is 25.7 Å². The van der Waals surface area contributed by atoms with Crippen LogP contribution in [0.15, 0.2) is 18.2 Å². The van der Waals surface area contributed by atoms with Crippen molar-refractivity contribution in [3.05, 3.63) is 35.1 Å². The molecule has 2 atom stereocenters. The Kier molecular flexibility index (Phi) is 5.45. The van der Waals surface area contributed by atoms with Gasteiger partial charge in [0.2, 0.25) is 0 Å². The van der Waals surface area contributed by atoms with Gasteiger partial charge in [0, 0.05) is 12.1 Å². The maximum Gasteiger partial charge on any atom is 0.254 e. The first-order valence-electron chi connectivity index (χ1n) is 7.88. The van der Waals surface area contributed by atoms with Gasteiger partial charge in [0.15, 0.2) is 0 Å². The van der Waals surface area contributed by atoms with Crippen molar-refractivity contribution in [3.63, 3.8) is 0 Å². The van der Waals surface area contributed by atoms with E-state index in [0.29, 0.717) is 17.4 Å². The molecule has 1 aromatic rings. The first-order chi connectivity index (χ1) is 10.1. The van der Waals surface area contributed by atoms with Crippen LogP contribution < -0.4 is 11.1 Å². The third kappa shape index (κ3) is 3.28. The van der Waals surface area contributed by atoms with Crippen LogP contribution in [0, 0.1) is 24.6 Å². The lowest BCUT2D eigenvalue weighted by Gasteiger charge is -2.45. The largest absolute Gasteiger partial charge is 0.349 e. The molecule has 2 aliphatic carbocycles. The molecule has 0 saturated heterocycles. The Bertz CT molecular complexity index is 537. The molecule has 3 nitrogen and oxygen atoms in total. The van der Waals surface area contributed by atoms with Gasteiger partial charge < -0.3 is 11.1 Å². The van der Waals surface area contributed by atoms with E-state index in [2.05, 4.69) is 5.32 Å². The molecule has 122 valence electrons. The second-order valence-electron chi connectivity index (χ2n) is 6.62. The summed E-state index contributed by atoms with van der Waals surface area (Å²) in [6, 6.07) is 5.38. The summed E-state index contributed by atoms with van der Waals surface area (Å²) in [4.78, 5) is 12.4. The molecule has 0 spiro atoms. The van der Waals surface area contributed by atoms with Gasteiger partial charge in [0.25, 0.3) is 5.91 Å². The molecular weight excluding hydrogens is 303 g/mol. The number of hydrogen-bond donors (Lipinski definition) is 2. The van der Waals surface area contributed by atoms with Gasteiger partial charge in [-0.1, -0.05) is 18.6 Å². The maximum atomic E-state index is 14.1. The Morgan fingerprint density at radius 1 is 1.27 bits per heavy atom. The molecule has 1 aromatic carbocycles. The molecule has 2 bridgehead atoms. The van der Waals surface area contributed by atoms with E-state index < -0.39 is 5.82 Å². The van der Waals surface area contributed by atoms with Gasteiger partial charge in [-0.2, -0.15) is 0 Å². The number of nitrogens with one attached hydrogen (secondary N) is 1. The lowest BCUT2D eigenvalue weighted by atomic mass is 9.67. The normalized spacial score (nSPS) is 30.3. The second kappa shape index (κ2) is 6.97. The summed E-state index contributed by atoms with van der Waals surface area (Å²) in [5.41, 5.74) is 6.76. The van der Waals surface area contributed by atoms with Gasteiger partial charge in [-0.25, -0.2) is 4.39 Å². The summed E-state index contributed by atoms with van der Waals surface area (Å²) in [5, 5.41) is 3.09. The Morgan fingerprint density at radius 3 is 2.55 bits per heavy atom. The highest BCUT2D eigenvalue weighted by Gasteiger charge is 2.40. The van der Waals surface area contributed by atoms with Crippen LogP contribution in [0.1, 0.15) is 48.0 Å². The molecule has 2 aliphatic rings. The maximum absolute atomic E-state index is 14.1. The van der Waals surface area contributed by atoms with Gasteiger partial charge in [-0.3, -0.25) is 4.79 Å². The third-order valence-electron chi connectivity index (χ3n) is 5.11. The standard InChI is InChI=1S/C17H23FN2O.ClH/c1-10-4-2-7-14(15(10)18)17(21)20-16-11-5-3-6-12(16)9-13(19)8-11;/h2,4,7,11-13,16H,3,5-6,8-9,19H2,1H3,(H,20,21);1H. The van der Waals surface area contributed by atoms with Crippen molar-refractivity contribution in [2.45, 2.75) is 51.1 Å². The van der Waals surface area contributed by atoms with E-state index in [1.165, 1.54) is 6.42 Å². The predicted octanol–water partition coefficient (Wildman–Crippen LogP) is 3.19. The van der Waals surface area contributed by atoms with Crippen LogP contribution in [-0.2, 0) is 0 Å². The number of carbonyl (C=O) groups excluding carboxylic acids is 1. The Labute approximate surface area is 137 Å². The van der Waals surface area contributed by atoms with Crippen molar-refractivity contribution in [3.8, 4) is 0 Å². The minimum absolute atomic E-state index is 0. The quantitative estimate of drug-likeness (QED) is 0.877. The van der Waals surface area contributed by atoms with Crippen molar-refractivity contribution >= 4 is 18.3 Å². The first kappa shape index (κ1) is 17.2. The van der Waals surface area contributed by atoms with E-state index in [4.69, 9.17) is 5.73 Å². The van der Waals surface area contributed by atoms with E-state index in [1.54, 1.807) is 25.1 Å². The molecule has 2 fully saturated rings. The van der Waals surface area contributed by atoms with E-state index in [-0.39, 0.29) is 36.0 Å². The molecule has 0 aromatic heterocycles. The minimum Gasteiger partial charge on any atom is -0.349 e. The summed E-state index contributed by atoms with van der Waals surface area (Å²) in [6.45, 7) is 1.68. The highest BCUT2D eigenvalue weighted by atomic mass is 35.5. The van der Waals surface area contributed by atoms with Crippen molar-refractivity contribution in [2.75, 3.05) is 0 Å². The zero-order chi connectivity index (χ0) is 15.0. The molecule has 2 unspecified atom stereocenters. The average Bonchev–Trinajstić information content (AvgIpc) is 2.42. The number of carbonyl (C=O) groups is 1. The van der Waals surface area contributed by atoms with Gasteiger partial charge >= 0.3 is 0 Å². The van der Waals surface area contributed by atoms with Gasteiger partial charge in [0.05, 0.1) is 5.56 Å². The number of hydrogen-bond acceptors (Lipinski definition) is 2. The Balaban J connectivity index is 0.00000176. The van der Waals surface area contributed by atoms with Crippen molar-refractivity contribution in [1.29, 1.82) is 0 Å². The summed E-state index contributed by atoms with van der Waals surface area (Å²) >= 11 is 0. The van der Waals surface area contributed by atoms with E-state index in [1.807, 2.05) is 0 Å². The SMILES string of the molecule is Cc1cccc(C(=O)NC2C3CCCC2CC(N)C3)c1F.Cl. The van der Waals surface area contributed by atoms with Crippen LogP contribution in [0.2, 0.25) is 0 Å². The molecule has 0 aliphatic heterocycles. The second-order valence-corrected chi connectivity index (χ2v) is 6.62. The summed E-state index contributed by atoms with van der Waals surface area (Å²) in [5.74, 6) is 0.204. The Hall–Kier alpha value is -1.13. The molecule has 5 heteroatoms. The molecular formula is C17H24ClFN2O. The number of rotatable bonds is 2. The molecule has 2 saturated carbocycles. The van der Waals surface area contributed by atoms with Gasteiger partial charge in [0.1, 0.15) is 5.82 Å². The van der Waals surface area contributed by atoms with Gasteiger partial charge in [-0.05, 0) is 56.1 Å². The van der Waals surface area contributed by atoms with Crippen LogP contribution in [-0.4, -0.2) is 18.0 Å². The van der Waals surface area contributed by atoms with Crippen LogP contribution >= 0.6 is 12.4 Å². The number of nitrogens with two attached hydrogens (primary N) is 1. The van der Waals surface area contributed by atoms with Crippen molar-refractivity contribution < 1.29 is 9.18 Å². The lowest BCUT2D eigenvalue weighted by Crippen LogP contribution is -2.53. The topological polar surface area (TPSA) is 55.1 Å². The van der Waals surface area contributed by atoms with E-state index >= 15 is 0 Å². The van der Waals surface area contributed by atoms with Crippen LogP contribution in [0.25, 0.3) is 0 Å². The van der Waals surface area contributed by atoms with Crippen molar-refractivity contribution in [1.82, 2.24) is 5.32 Å². The zero-order valence-corrected chi connectivity index (χ0v) is 13.7. The van der Waals surface area contributed by atoms with Crippen LogP contribution in [0.4, 0.5) is 4.39 Å². The van der Waals surface area contributed by atoms with Crippen molar-refractivity contribution in [2.24, 2.45) is 17.6 Å². The zero-order valence-electron chi connectivity index (χ0n) is 12.8. The molecule has 0 heterocycles. The molecule has 0 radical (unpaired) electrons. The fourth-order valence-electron chi connectivity index (χ4n) is 4.08. The number of benzene rings is 1. The number of halogens is 2. The monoisotopic (exact) mass is 326 g/mol. The molecule has 3 N–H and O–H groups in total. The smallest absolute Gasteiger partial charge is 0.254 e. The van der Waals surface area contributed by atoms with Crippen LogP contribution in [0.3, 0.4) is 0 Å². The first-order valence-corrected chi connectivity index (χ1v) is 7.88. The molecule has 22 heavy (non-hydrogen) atoms. The lowest BCUT2D eigenvalue weighted by molar-refractivity contribution is 0.0752. The van der Waals surface area contributed by atoms with E-state index in [9.17, 15) is 9.18 Å². The summed E-state index contributed by atoms with van der Waals surface area (Å²) in [6.07, 6.45) is 5.39. The molecule has 1 amide bonds. The summed E-state index contributed by atoms with van der Waals surface area (Å²) in [7, 11) is 0. The molecule has 3 rings (SSSR count). The third-order valence-corrected chi connectivity index (χ3v) is 5.11. The fraction of sp³-hybridized carbons (Fsp3) is 0.588. The number of aryl methyl sites for hydroxylation is 1. The minimum atomic E-state index is -0.410. The predicted molar refractivity (Wildman–Crippen MR) is 87.7 cm³/mol. The number of amides is 1. The fourth-order valence-corrected chi connectivity index (χ4v) is 4.08. The highest BCUT2D eigenvalue weighted by Crippen LogP contribution is 2.39. The Morgan fingerprint density at radius 2 is 1.91 bits per heavy atom. The summed E-state index contributed by atoms with van der Waals surface area (Å²) < 4.78 is 14.1. The van der Waals surface area contributed by atoms with Crippen LogP contribution in [0.5, 0.6) is 0 Å². The number of fused-ring (bicyclic) bond motifs is 2. The highest BCUT2D eigenvalue weighted by molar-refractivity contribution is 5.94.